The molecule has 3 rings (SSSR count). The molecule has 112 valence electrons. The van der Waals surface area contributed by atoms with Crippen molar-refractivity contribution in [2.75, 3.05) is 0 Å². The van der Waals surface area contributed by atoms with Gasteiger partial charge >= 0.3 is 0 Å². The second-order valence-corrected chi connectivity index (χ2v) is 5.91. The van der Waals surface area contributed by atoms with E-state index in [2.05, 4.69) is 5.10 Å². The molecule has 1 N–H and O–H groups in total. The van der Waals surface area contributed by atoms with Crippen LogP contribution in [0.1, 0.15) is 11.1 Å². The number of aliphatic hydroxyl groups excluding tert-OH is 1. The van der Waals surface area contributed by atoms with E-state index in [-0.39, 0.29) is 6.61 Å². The third kappa shape index (κ3) is 2.88. The van der Waals surface area contributed by atoms with Gasteiger partial charge in [-0.25, -0.2) is 4.68 Å². The van der Waals surface area contributed by atoms with Gasteiger partial charge in [0, 0.05) is 22.3 Å². The molecule has 0 radical (unpaired) electrons. The van der Waals surface area contributed by atoms with E-state index in [0.29, 0.717) is 21.3 Å². The number of hydrogen-bond donors (Lipinski definition) is 1. The molecule has 3 aromatic rings. The predicted molar refractivity (Wildman–Crippen MR) is 89.7 cm³/mol. The summed E-state index contributed by atoms with van der Waals surface area (Å²) >= 11 is 12.2. The first-order valence-corrected chi connectivity index (χ1v) is 7.56. The SMILES string of the molecule is Cc1ccc(-n2cc(CO)c(-c3ccc(Cl)cc3Cl)n2)cc1. The van der Waals surface area contributed by atoms with E-state index in [9.17, 15) is 5.11 Å². The summed E-state index contributed by atoms with van der Waals surface area (Å²) in [5.74, 6) is 0. The number of aromatic nitrogens is 2. The molecule has 5 heteroatoms. The molecule has 0 unspecified atom stereocenters. The molecule has 0 saturated heterocycles. The Morgan fingerprint density at radius 1 is 1.09 bits per heavy atom. The van der Waals surface area contributed by atoms with Crippen molar-refractivity contribution >= 4 is 23.2 Å². The molecule has 0 amide bonds. The van der Waals surface area contributed by atoms with Crippen molar-refractivity contribution in [3.05, 3.63) is 69.8 Å². The summed E-state index contributed by atoms with van der Waals surface area (Å²) in [6.07, 6.45) is 1.81. The van der Waals surface area contributed by atoms with Gasteiger partial charge in [0.15, 0.2) is 0 Å². The van der Waals surface area contributed by atoms with Gasteiger partial charge < -0.3 is 5.11 Å². The molecular weight excluding hydrogens is 319 g/mol. The van der Waals surface area contributed by atoms with Crippen LogP contribution in [0.5, 0.6) is 0 Å². The first-order chi connectivity index (χ1) is 10.6. The lowest BCUT2D eigenvalue weighted by atomic mass is 10.1. The molecular formula is C17H14Cl2N2O. The largest absolute Gasteiger partial charge is 0.392 e. The van der Waals surface area contributed by atoms with Crippen LogP contribution in [-0.2, 0) is 6.61 Å². The van der Waals surface area contributed by atoms with Gasteiger partial charge in [-0.1, -0.05) is 40.9 Å². The Balaban J connectivity index is 2.10. The highest BCUT2D eigenvalue weighted by Crippen LogP contribution is 2.32. The minimum atomic E-state index is -0.111. The Labute approximate surface area is 138 Å². The molecule has 0 spiro atoms. The Morgan fingerprint density at radius 3 is 2.45 bits per heavy atom. The monoisotopic (exact) mass is 332 g/mol. The molecule has 0 saturated carbocycles. The van der Waals surface area contributed by atoms with Crippen LogP contribution < -0.4 is 0 Å². The van der Waals surface area contributed by atoms with Gasteiger partial charge in [0.1, 0.15) is 0 Å². The van der Waals surface area contributed by atoms with Crippen LogP contribution in [0.2, 0.25) is 10.0 Å². The van der Waals surface area contributed by atoms with Crippen molar-refractivity contribution < 1.29 is 5.11 Å². The predicted octanol–water partition coefficient (Wildman–Crippen LogP) is 4.65. The second kappa shape index (κ2) is 6.13. The number of hydrogen-bond acceptors (Lipinski definition) is 2. The molecule has 0 fully saturated rings. The van der Waals surface area contributed by atoms with Crippen LogP contribution >= 0.6 is 23.2 Å². The highest BCUT2D eigenvalue weighted by molar-refractivity contribution is 6.36. The Bertz CT molecular complexity index is 810. The van der Waals surface area contributed by atoms with Gasteiger partial charge in [0.25, 0.3) is 0 Å². The van der Waals surface area contributed by atoms with Crippen molar-refractivity contribution in [1.29, 1.82) is 0 Å². The van der Waals surface area contributed by atoms with E-state index in [1.165, 1.54) is 5.56 Å². The zero-order chi connectivity index (χ0) is 15.7. The van der Waals surface area contributed by atoms with Gasteiger partial charge in [-0.15, -0.1) is 0 Å². The number of aryl methyl sites for hydroxylation is 1. The summed E-state index contributed by atoms with van der Waals surface area (Å²) in [6.45, 7) is 1.92. The van der Waals surface area contributed by atoms with Crippen molar-refractivity contribution in [1.82, 2.24) is 9.78 Å². The van der Waals surface area contributed by atoms with Gasteiger partial charge in [-0.2, -0.15) is 5.10 Å². The average Bonchev–Trinajstić information content (AvgIpc) is 2.92. The second-order valence-electron chi connectivity index (χ2n) is 5.07. The minimum absolute atomic E-state index is 0.111. The highest BCUT2D eigenvalue weighted by Gasteiger charge is 2.14. The summed E-state index contributed by atoms with van der Waals surface area (Å²) in [4.78, 5) is 0. The normalized spacial score (nSPS) is 10.9. The molecule has 0 bridgehead atoms. The van der Waals surface area contributed by atoms with Crippen LogP contribution in [0.4, 0.5) is 0 Å². The first kappa shape index (κ1) is 15.1. The molecule has 22 heavy (non-hydrogen) atoms. The van der Waals surface area contributed by atoms with Crippen LogP contribution in [0, 0.1) is 6.92 Å². The van der Waals surface area contributed by atoms with Gasteiger partial charge in [-0.05, 0) is 37.3 Å². The van der Waals surface area contributed by atoms with E-state index in [4.69, 9.17) is 23.2 Å². The van der Waals surface area contributed by atoms with Crippen molar-refractivity contribution in [2.45, 2.75) is 13.5 Å². The van der Waals surface area contributed by atoms with Crippen LogP contribution in [0.3, 0.4) is 0 Å². The third-order valence-electron chi connectivity index (χ3n) is 3.45. The molecule has 0 aliphatic heterocycles. The topological polar surface area (TPSA) is 38.0 Å². The number of benzene rings is 2. The maximum atomic E-state index is 9.61. The first-order valence-electron chi connectivity index (χ1n) is 6.80. The summed E-state index contributed by atoms with van der Waals surface area (Å²) in [5, 5.41) is 15.3. The standard InChI is InChI=1S/C17H14Cl2N2O/c1-11-2-5-14(6-3-11)21-9-12(10-22)17(20-21)15-7-4-13(18)8-16(15)19/h2-9,22H,10H2,1H3. The van der Waals surface area contributed by atoms with Gasteiger partial charge in [-0.3, -0.25) is 0 Å². The summed E-state index contributed by atoms with van der Waals surface area (Å²) in [6, 6.07) is 13.2. The van der Waals surface area contributed by atoms with Gasteiger partial charge in [0.05, 0.1) is 23.0 Å². The fourth-order valence-corrected chi connectivity index (χ4v) is 2.76. The van der Waals surface area contributed by atoms with E-state index in [0.717, 1.165) is 11.3 Å². The Hall–Kier alpha value is -1.81. The zero-order valence-corrected chi connectivity index (χ0v) is 13.4. The highest BCUT2D eigenvalue weighted by atomic mass is 35.5. The van der Waals surface area contributed by atoms with Crippen LogP contribution in [-0.4, -0.2) is 14.9 Å². The fraction of sp³-hybridized carbons (Fsp3) is 0.118. The summed E-state index contributed by atoms with van der Waals surface area (Å²) < 4.78 is 1.74. The number of halogens is 2. The zero-order valence-electron chi connectivity index (χ0n) is 11.9. The lowest BCUT2D eigenvalue weighted by molar-refractivity contribution is 0.282. The van der Waals surface area contributed by atoms with Crippen LogP contribution in [0.15, 0.2) is 48.7 Å². The Kier molecular flexibility index (Phi) is 4.21. The molecule has 0 aliphatic carbocycles. The Morgan fingerprint density at radius 2 is 1.82 bits per heavy atom. The molecule has 2 aromatic carbocycles. The van der Waals surface area contributed by atoms with E-state index >= 15 is 0 Å². The van der Waals surface area contributed by atoms with Crippen molar-refractivity contribution in [2.24, 2.45) is 0 Å². The quantitative estimate of drug-likeness (QED) is 0.758. The summed E-state index contributed by atoms with van der Waals surface area (Å²) in [5.41, 5.74) is 4.23. The third-order valence-corrected chi connectivity index (χ3v) is 3.99. The maximum absolute atomic E-state index is 9.61. The number of nitrogens with zero attached hydrogens (tertiary/aromatic N) is 2. The molecule has 3 nitrogen and oxygen atoms in total. The van der Waals surface area contributed by atoms with Gasteiger partial charge in [0.2, 0.25) is 0 Å². The fourth-order valence-electron chi connectivity index (χ4n) is 2.26. The minimum Gasteiger partial charge on any atom is -0.392 e. The lowest BCUT2D eigenvalue weighted by Gasteiger charge is -2.04. The molecule has 0 atom stereocenters. The molecule has 1 aromatic heterocycles. The average molecular weight is 333 g/mol. The maximum Gasteiger partial charge on any atom is 0.0997 e. The van der Waals surface area contributed by atoms with Crippen molar-refractivity contribution in [3.8, 4) is 16.9 Å². The van der Waals surface area contributed by atoms with Crippen molar-refractivity contribution in [3.63, 3.8) is 0 Å². The smallest absolute Gasteiger partial charge is 0.0997 e. The number of rotatable bonds is 3. The van der Waals surface area contributed by atoms with E-state index in [1.807, 2.05) is 43.5 Å². The van der Waals surface area contributed by atoms with E-state index < -0.39 is 0 Å². The lowest BCUT2D eigenvalue weighted by Crippen LogP contribution is -1.94. The van der Waals surface area contributed by atoms with E-state index in [1.54, 1.807) is 16.8 Å². The van der Waals surface area contributed by atoms with Crippen LogP contribution in [0.25, 0.3) is 16.9 Å². The number of aliphatic hydroxyl groups is 1. The molecule has 0 aliphatic rings. The molecule has 1 heterocycles. The summed E-state index contributed by atoms with van der Waals surface area (Å²) in [7, 11) is 0.